The maximum atomic E-state index is 12.4. The Hall–Kier alpha value is -5.88. The van der Waals surface area contributed by atoms with E-state index in [2.05, 4.69) is 36.9 Å². The number of hydrogen-bond acceptors (Lipinski definition) is 16. The molecule has 0 saturated heterocycles. The summed E-state index contributed by atoms with van der Waals surface area (Å²) < 4.78 is 53.9. The minimum Gasteiger partial charge on any atom is -0.491 e. The molecule has 0 saturated carbocycles. The van der Waals surface area contributed by atoms with Crippen molar-refractivity contribution in [1.29, 1.82) is 0 Å². The standard InChI is InChI=1S/C44H64N2O16/c1-31(2)39(47)57-21-13-9-11-19-45-43(51)61-37(29-59-41(49)33(5)6)27-53-23-25-55-35-15-17-36(18-16-35)56-26-24-54-28-38(30-60-42(50)34(7)8)62-44(52)46-20-12-10-14-22-58-40(48)32(3)4/h15-18,37-38H,1,3,5,7,9-14,19-30H2,2,4,6,8H3,(H,45,51)(H,46,52). The average molecular weight is 877 g/mol. The lowest BCUT2D eigenvalue weighted by molar-refractivity contribution is -0.144. The molecule has 1 aromatic rings. The van der Waals surface area contributed by atoms with E-state index in [-0.39, 0.29) is 77.2 Å². The lowest BCUT2D eigenvalue weighted by atomic mass is 10.2. The zero-order valence-electron chi connectivity index (χ0n) is 36.6. The first-order valence-electron chi connectivity index (χ1n) is 20.3. The maximum absolute atomic E-state index is 12.4. The zero-order valence-corrected chi connectivity index (χ0v) is 36.6. The fraction of sp³-hybridized carbons (Fsp3) is 0.545. The zero-order chi connectivity index (χ0) is 46.1. The largest absolute Gasteiger partial charge is 0.491 e. The number of hydrogen-bond donors (Lipinski definition) is 2. The van der Waals surface area contributed by atoms with Gasteiger partial charge in [-0.25, -0.2) is 28.8 Å². The van der Waals surface area contributed by atoms with Crippen LogP contribution in [0, 0.1) is 0 Å². The third-order valence-corrected chi connectivity index (χ3v) is 7.81. The van der Waals surface area contributed by atoms with E-state index < -0.39 is 48.3 Å². The van der Waals surface area contributed by atoms with Gasteiger partial charge in [0.1, 0.15) is 37.9 Å². The van der Waals surface area contributed by atoms with Crippen molar-refractivity contribution in [2.24, 2.45) is 0 Å². The highest BCUT2D eigenvalue weighted by atomic mass is 16.6. The van der Waals surface area contributed by atoms with Crippen LogP contribution in [-0.2, 0) is 57.1 Å². The van der Waals surface area contributed by atoms with Gasteiger partial charge in [-0.1, -0.05) is 26.3 Å². The van der Waals surface area contributed by atoms with Gasteiger partial charge in [-0.15, -0.1) is 0 Å². The van der Waals surface area contributed by atoms with E-state index >= 15 is 0 Å². The van der Waals surface area contributed by atoms with Crippen LogP contribution in [0.4, 0.5) is 9.59 Å². The number of carbonyl (C=O) groups is 6. The summed E-state index contributed by atoms with van der Waals surface area (Å²) in [7, 11) is 0. The van der Waals surface area contributed by atoms with Crippen LogP contribution in [0.5, 0.6) is 11.5 Å². The lowest BCUT2D eigenvalue weighted by Gasteiger charge is -2.19. The molecule has 0 fully saturated rings. The first kappa shape index (κ1) is 54.1. The Morgan fingerprint density at radius 3 is 1.13 bits per heavy atom. The normalized spacial score (nSPS) is 11.4. The van der Waals surface area contributed by atoms with Gasteiger partial charge in [-0.2, -0.15) is 0 Å². The smallest absolute Gasteiger partial charge is 0.407 e. The molecule has 1 rings (SSSR count). The molecule has 2 atom stereocenters. The number of amides is 2. The monoisotopic (exact) mass is 876 g/mol. The Morgan fingerprint density at radius 1 is 0.452 bits per heavy atom. The second-order valence-corrected chi connectivity index (χ2v) is 13.9. The number of nitrogens with one attached hydrogen (secondary N) is 2. The summed E-state index contributed by atoms with van der Waals surface area (Å²) in [5.74, 6) is -1.05. The summed E-state index contributed by atoms with van der Waals surface area (Å²) in [5, 5.41) is 5.28. The molecule has 1 aromatic carbocycles. The van der Waals surface area contributed by atoms with Crippen molar-refractivity contribution in [3.63, 3.8) is 0 Å². The molecule has 0 bridgehead atoms. The quantitative estimate of drug-likeness (QED) is 0.0379. The average Bonchev–Trinajstić information content (AvgIpc) is 3.23. The summed E-state index contributed by atoms with van der Waals surface area (Å²) in [5.41, 5.74) is 1.06. The molecule has 2 unspecified atom stereocenters. The lowest BCUT2D eigenvalue weighted by Crippen LogP contribution is -2.35. The molecule has 0 aliphatic rings. The van der Waals surface area contributed by atoms with Crippen LogP contribution < -0.4 is 20.1 Å². The fourth-order valence-electron chi connectivity index (χ4n) is 4.47. The fourth-order valence-corrected chi connectivity index (χ4v) is 4.47. The topological polar surface area (TPSA) is 219 Å². The summed E-state index contributed by atoms with van der Waals surface area (Å²) in [6.45, 7) is 21.5. The van der Waals surface area contributed by atoms with Crippen molar-refractivity contribution in [2.75, 3.05) is 79.2 Å². The van der Waals surface area contributed by atoms with Gasteiger partial charge in [0, 0.05) is 35.4 Å². The predicted octanol–water partition coefficient (Wildman–Crippen LogP) is 5.48. The van der Waals surface area contributed by atoms with Crippen LogP contribution in [0.15, 0.2) is 72.9 Å². The summed E-state index contributed by atoms with van der Waals surface area (Å²) >= 11 is 0. The third kappa shape index (κ3) is 27.8. The molecule has 62 heavy (non-hydrogen) atoms. The molecule has 18 heteroatoms. The van der Waals surface area contributed by atoms with Crippen molar-refractivity contribution in [3.05, 3.63) is 72.9 Å². The Kier molecular flexibility index (Phi) is 28.7. The second-order valence-electron chi connectivity index (χ2n) is 13.9. The second kappa shape index (κ2) is 32.8. The van der Waals surface area contributed by atoms with Gasteiger partial charge in [-0.3, -0.25) is 0 Å². The Labute approximate surface area is 364 Å². The third-order valence-electron chi connectivity index (χ3n) is 7.81. The molecular weight excluding hydrogens is 812 g/mol. The Balaban J connectivity index is 2.42. The van der Waals surface area contributed by atoms with Gasteiger partial charge in [-0.05, 0) is 90.5 Å². The van der Waals surface area contributed by atoms with Crippen molar-refractivity contribution in [3.8, 4) is 11.5 Å². The number of carbonyl (C=O) groups excluding carboxylic acids is 6. The van der Waals surface area contributed by atoms with E-state index in [1.165, 1.54) is 13.8 Å². The molecule has 0 aliphatic carbocycles. The molecule has 2 N–H and O–H groups in total. The van der Waals surface area contributed by atoms with Crippen LogP contribution in [0.1, 0.15) is 66.2 Å². The van der Waals surface area contributed by atoms with Crippen LogP contribution in [0.3, 0.4) is 0 Å². The molecule has 0 heterocycles. The highest BCUT2D eigenvalue weighted by molar-refractivity contribution is 5.88. The number of esters is 4. The molecule has 346 valence electrons. The van der Waals surface area contributed by atoms with Crippen LogP contribution in [0.2, 0.25) is 0 Å². The van der Waals surface area contributed by atoms with Gasteiger partial charge in [0.25, 0.3) is 0 Å². The first-order chi connectivity index (χ1) is 29.6. The summed E-state index contributed by atoms with van der Waals surface area (Å²) in [6.07, 6.45) is 0.747. The van der Waals surface area contributed by atoms with Gasteiger partial charge >= 0.3 is 36.1 Å². The number of benzene rings is 1. The highest BCUT2D eigenvalue weighted by Crippen LogP contribution is 2.17. The van der Waals surface area contributed by atoms with E-state index in [0.29, 0.717) is 74.3 Å². The van der Waals surface area contributed by atoms with E-state index in [0.717, 1.165) is 0 Å². The Bertz CT molecular complexity index is 1490. The van der Waals surface area contributed by atoms with Gasteiger partial charge < -0.3 is 58.0 Å². The first-order valence-corrected chi connectivity index (χ1v) is 20.3. The molecule has 0 spiro atoms. The molecule has 18 nitrogen and oxygen atoms in total. The van der Waals surface area contributed by atoms with Gasteiger partial charge in [0.15, 0.2) is 12.2 Å². The van der Waals surface area contributed by atoms with Crippen molar-refractivity contribution in [1.82, 2.24) is 10.6 Å². The van der Waals surface area contributed by atoms with Crippen molar-refractivity contribution < 1.29 is 76.1 Å². The van der Waals surface area contributed by atoms with Crippen molar-refractivity contribution in [2.45, 2.75) is 78.4 Å². The SMILES string of the molecule is C=C(C)C(=O)OCCCCCNC(=O)OC(COCCOc1ccc(OCCOCC(COC(=O)C(=C)C)OC(=O)NCCCCCOC(=O)C(=C)C)cc1)COC(=O)C(=C)C. The van der Waals surface area contributed by atoms with Crippen LogP contribution >= 0.6 is 0 Å². The minimum absolute atomic E-state index is 0.0675. The number of unbranched alkanes of at least 4 members (excludes halogenated alkanes) is 4. The van der Waals surface area contributed by atoms with E-state index in [4.69, 9.17) is 47.4 Å². The molecule has 0 aromatic heterocycles. The molecular formula is C44H64N2O16. The van der Waals surface area contributed by atoms with Crippen LogP contribution in [0.25, 0.3) is 0 Å². The molecule has 2 amide bonds. The number of ether oxygens (including phenoxy) is 10. The van der Waals surface area contributed by atoms with E-state index in [1.807, 2.05) is 0 Å². The number of rotatable bonds is 34. The summed E-state index contributed by atoms with van der Waals surface area (Å²) in [4.78, 5) is 71.4. The van der Waals surface area contributed by atoms with E-state index in [1.54, 1.807) is 38.1 Å². The van der Waals surface area contributed by atoms with Crippen molar-refractivity contribution >= 4 is 36.1 Å². The highest BCUT2D eigenvalue weighted by Gasteiger charge is 2.19. The molecule has 0 aliphatic heterocycles. The van der Waals surface area contributed by atoms with Gasteiger partial charge in [0.2, 0.25) is 0 Å². The summed E-state index contributed by atoms with van der Waals surface area (Å²) in [6, 6.07) is 6.81. The number of alkyl carbamates (subject to hydrolysis) is 2. The Morgan fingerprint density at radius 2 is 0.790 bits per heavy atom. The van der Waals surface area contributed by atoms with E-state index in [9.17, 15) is 28.8 Å². The minimum atomic E-state index is -0.892. The molecule has 0 radical (unpaired) electrons. The maximum Gasteiger partial charge on any atom is 0.407 e. The predicted molar refractivity (Wildman–Crippen MR) is 226 cm³/mol. The van der Waals surface area contributed by atoms with Crippen LogP contribution in [-0.4, -0.2) is 127 Å². The van der Waals surface area contributed by atoms with Gasteiger partial charge in [0.05, 0.1) is 39.6 Å².